The van der Waals surface area contributed by atoms with E-state index in [2.05, 4.69) is 154 Å². The Morgan fingerprint density at radius 3 is 1.96 bits per heavy atom. The van der Waals surface area contributed by atoms with Gasteiger partial charge >= 0.3 is 0 Å². The predicted molar refractivity (Wildman–Crippen MR) is 231 cm³/mol. The van der Waals surface area contributed by atoms with Gasteiger partial charge in [0.1, 0.15) is 0 Å². The molecule has 0 radical (unpaired) electrons. The number of fused-ring (bicyclic) bond motifs is 5. The molecule has 0 heterocycles. The molecule has 0 aromatic carbocycles. The van der Waals surface area contributed by atoms with Gasteiger partial charge in [-0.15, -0.1) is 0 Å². The van der Waals surface area contributed by atoms with Crippen LogP contribution in [0.4, 0.5) is 0 Å². The normalized spacial score (nSPS) is 31.9. The molecule has 0 unspecified atom stereocenters. The largest absolute Gasteiger partial charge is 0.413 e. The van der Waals surface area contributed by atoms with E-state index in [4.69, 9.17) is 18.0 Å². The van der Waals surface area contributed by atoms with Crippen LogP contribution in [0.3, 0.4) is 0 Å². The quantitative estimate of drug-likeness (QED) is 0.100. The van der Waals surface area contributed by atoms with Crippen LogP contribution in [-0.2, 0) is 18.0 Å². The second-order valence-electron chi connectivity index (χ2n) is 21.2. The van der Waals surface area contributed by atoms with E-state index >= 15 is 0 Å². The molecule has 0 saturated heterocycles. The summed E-state index contributed by atoms with van der Waals surface area (Å²) in [6.45, 7) is 43.2. The van der Waals surface area contributed by atoms with E-state index in [0.29, 0.717) is 23.9 Å². The van der Waals surface area contributed by atoms with E-state index in [1.54, 1.807) is 11.1 Å². The van der Waals surface area contributed by atoms with Gasteiger partial charge in [-0.2, -0.15) is 0 Å². The maximum Gasteiger partial charge on any atom is 0.195 e. The summed E-state index contributed by atoms with van der Waals surface area (Å²) in [7, 11) is -6.18. The summed E-state index contributed by atoms with van der Waals surface area (Å²) < 4.78 is 29.5. The molecule has 0 aromatic heterocycles. The van der Waals surface area contributed by atoms with E-state index in [1.165, 1.54) is 31.3 Å². The minimum Gasteiger partial charge on any atom is -0.413 e. The average molecular weight is 771 g/mol. The van der Waals surface area contributed by atoms with E-state index in [-0.39, 0.29) is 27.2 Å². The van der Waals surface area contributed by atoms with Crippen LogP contribution in [0.15, 0.2) is 47.1 Å². The van der Waals surface area contributed by atoms with Crippen molar-refractivity contribution in [2.24, 2.45) is 22.7 Å². The van der Waals surface area contributed by atoms with Crippen LogP contribution in [0, 0.1) is 22.7 Å². The van der Waals surface area contributed by atoms with Gasteiger partial charge in [0.2, 0.25) is 0 Å². The molecule has 0 spiro atoms. The summed E-state index contributed by atoms with van der Waals surface area (Å²) in [4.78, 5) is 0. The average Bonchev–Trinajstić information content (AvgIpc) is 3.37. The Hall–Kier alpha value is -0.549. The summed E-state index contributed by atoms with van der Waals surface area (Å²) in [5.41, 5.74) is 4.69. The first-order valence-electron chi connectivity index (χ1n) is 21.2. The highest BCUT2D eigenvalue weighted by molar-refractivity contribution is 6.74. The fourth-order valence-electron chi connectivity index (χ4n) is 9.86. The summed E-state index contributed by atoms with van der Waals surface area (Å²) in [6, 6.07) is 3.44. The number of hydrogen-bond acceptors (Lipinski definition) is 4. The molecule has 0 N–H and O–H groups in total. The Morgan fingerprint density at radius 1 is 0.827 bits per heavy atom. The molecular formula is C45H82O4Si3. The van der Waals surface area contributed by atoms with Crippen molar-refractivity contribution in [1.82, 2.24) is 0 Å². The highest BCUT2D eigenvalue weighted by Gasteiger charge is 2.62. The fourth-order valence-corrected chi connectivity index (χ4v) is 15.8. The molecule has 0 aliphatic heterocycles. The summed E-state index contributed by atoms with van der Waals surface area (Å²) in [6.07, 6.45) is 18.5. The smallest absolute Gasteiger partial charge is 0.195 e. The number of hydrogen-bond donors (Lipinski definition) is 0. The van der Waals surface area contributed by atoms with Crippen molar-refractivity contribution >= 4 is 25.0 Å². The van der Waals surface area contributed by atoms with Crippen LogP contribution in [0.25, 0.3) is 0 Å². The summed E-state index contributed by atoms with van der Waals surface area (Å²) >= 11 is 0. The van der Waals surface area contributed by atoms with Crippen LogP contribution in [0.1, 0.15) is 135 Å². The minimum atomic E-state index is -2.25. The van der Waals surface area contributed by atoms with E-state index < -0.39 is 30.7 Å². The van der Waals surface area contributed by atoms with Crippen molar-refractivity contribution < 1.29 is 18.0 Å². The highest BCUT2D eigenvalue weighted by atomic mass is 28.4. The number of rotatable bonds is 14. The Kier molecular flexibility index (Phi) is 12.8. The SMILES string of the molecule is CCC1=CC[C@H]2C3=CC=C4C[C@@](OCC=CC(C)(C)O[Si](CC)(CC)CC)(O[Si](C)(C)C(C)(C)C)C[C@H](O[Si](C)(C)C(C)(C)C)[C@]4(C)[C@@H]3CC[C@]12C. The highest BCUT2D eigenvalue weighted by Crippen LogP contribution is 2.66. The topological polar surface area (TPSA) is 36.9 Å². The van der Waals surface area contributed by atoms with Crippen molar-refractivity contribution in [2.75, 3.05) is 6.61 Å². The van der Waals surface area contributed by atoms with Crippen LogP contribution in [0.5, 0.6) is 0 Å². The fraction of sp³-hybridized carbons (Fsp3) is 0.822. The van der Waals surface area contributed by atoms with Gasteiger partial charge in [0.05, 0.1) is 18.3 Å². The second kappa shape index (κ2) is 15.1. The first kappa shape index (κ1) is 44.2. The molecule has 7 heteroatoms. The second-order valence-corrected chi connectivity index (χ2v) is 35.4. The summed E-state index contributed by atoms with van der Waals surface area (Å²) in [5, 5.41) is 0.148. The van der Waals surface area contributed by atoms with Gasteiger partial charge < -0.3 is 18.0 Å². The van der Waals surface area contributed by atoms with Crippen molar-refractivity contribution in [3.63, 3.8) is 0 Å². The Balaban J connectivity index is 1.79. The Morgan fingerprint density at radius 2 is 1.42 bits per heavy atom. The van der Waals surface area contributed by atoms with Crippen LogP contribution in [-0.4, -0.2) is 49.1 Å². The van der Waals surface area contributed by atoms with Crippen LogP contribution in [0.2, 0.25) is 54.4 Å². The molecule has 0 bridgehead atoms. The first-order chi connectivity index (χ1) is 23.7. The van der Waals surface area contributed by atoms with Crippen LogP contribution >= 0.6 is 0 Å². The molecular weight excluding hydrogens is 689 g/mol. The van der Waals surface area contributed by atoms with Gasteiger partial charge in [0, 0.05) is 18.3 Å². The molecule has 6 atom stereocenters. The van der Waals surface area contributed by atoms with Gasteiger partial charge in [-0.05, 0) is 111 Å². The van der Waals surface area contributed by atoms with E-state index in [0.717, 1.165) is 31.0 Å². The maximum atomic E-state index is 7.73. The lowest BCUT2D eigenvalue weighted by Gasteiger charge is -2.61. The van der Waals surface area contributed by atoms with Crippen molar-refractivity contribution in [3.8, 4) is 0 Å². The molecule has 2 fully saturated rings. The molecule has 0 amide bonds. The van der Waals surface area contributed by atoms with Crippen molar-refractivity contribution in [2.45, 2.75) is 207 Å². The maximum absolute atomic E-state index is 7.73. The van der Waals surface area contributed by atoms with E-state index in [1.807, 2.05) is 0 Å². The zero-order valence-electron chi connectivity index (χ0n) is 37.3. The van der Waals surface area contributed by atoms with Gasteiger partial charge in [0.15, 0.2) is 30.7 Å². The van der Waals surface area contributed by atoms with Gasteiger partial charge in [-0.1, -0.05) is 130 Å². The lowest BCUT2D eigenvalue weighted by molar-refractivity contribution is -0.225. The first-order valence-corrected chi connectivity index (χ1v) is 29.6. The number of ether oxygens (including phenoxy) is 1. The molecule has 4 aliphatic rings. The van der Waals surface area contributed by atoms with Crippen molar-refractivity contribution in [3.05, 3.63) is 47.1 Å². The van der Waals surface area contributed by atoms with Crippen molar-refractivity contribution in [1.29, 1.82) is 0 Å². The number of allylic oxidation sites excluding steroid dienone is 5. The lowest BCUT2D eigenvalue weighted by atomic mass is 9.49. The Bertz CT molecular complexity index is 1400. The molecule has 4 aliphatic carbocycles. The molecule has 298 valence electrons. The summed E-state index contributed by atoms with van der Waals surface area (Å²) in [5.74, 6) is 0.319. The van der Waals surface area contributed by atoms with E-state index in [9.17, 15) is 0 Å². The molecule has 0 aromatic rings. The van der Waals surface area contributed by atoms with Gasteiger partial charge in [0.25, 0.3) is 0 Å². The lowest BCUT2D eigenvalue weighted by Crippen LogP contribution is -2.62. The van der Waals surface area contributed by atoms with Crippen LogP contribution < -0.4 is 0 Å². The molecule has 52 heavy (non-hydrogen) atoms. The molecule has 2 saturated carbocycles. The third-order valence-corrected chi connectivity index (χ3v) is 29.4. The Labute approximate surface area is 325 Å². The predicted octanol–water partition coefficient (Wildman–Crippen LogP) is 13.9. The van der Waals surface area contributed by atoms with Gasteiger partial charge in [-0.25, -0.2) is 0 Å². The standard InChI is InChI=1S/C45H82O4Si3/c1-19-34-25-27-37-36-26-24-35-32-45(49-51(17,18)41(8,9)10,46-31-23-29-42(11,12)48-52(20-2,21-3)22-4)33-39(47-50(15,16)40(5,6)7)44(35,14)38(36)28-30-43(34,37)13/h23-26,29,37-39H,19-22,27-28,30-33H2,1-18H3/t37-,38+,39-,43+,44-,45+/m0/s1. The minimum absolute atomic E-state index is 0.00487. The van der Waals surface area contributed by atoms with Gasteiger partial charge in [-0.3, -0.25) is 0 Å². The zero-order chi connectivity index (χ0) is 39.4. The third-order valence-electron chi connectivity index (χ3n) is 15.6. The molecule has 4 nitrogen and oxygen atoms in total. The monoisotopic (exact) mass is 771 g/mol. The third kappa shape index (κ3) is 8.27. The molecule has 4 rings (SSSR count). The zero-order valence-corrected chi connectivity index (χ0v) is 40.3.